The van der Waals surface area contributed by atoms with Crippen molar-refractivity contribution in [2.24, 2.45) is 5.73 Å². The number of unbranched alkanes of at least 4 members (excludes halogenated alkanes) is 23. The Kier molecular flexibility index (Phi) is 44.7. The molecule has 0 fully saturated rings. The number of aromatic amines is 2. The fourth-order valence-corrected chi connectivity index (χ4v) is 10.0. The average Bonchev–Trinajstić information content (AvgIpc) is 4.28. The maximum absolute atomic E-state index is 14.0. The summed E-state index contributed by atoms with van der Waals surface area (Å²) in [6.07, 6.45) is 46.7. The topological polar surface area (TPSA) is 287 Å². The van der Waals surface area contributed by atoms with Crippen molar-refractivity contribution in [2.75, 3.05) is 31.1 Å². The van der Waals surface area contributed by atoms with Gasteiger partial charge in [0.1, 0.15) is 30.2 Å². The molecule has 21 heteroatoms. The number of aromatic nitrogens is 4. The number of hydrogen-bond acceptors (Lipinski definition) is 12. The minimum absolute atomic E-state index is 0.00787. The van der Waals surface area contributed by atoms with Crippen molar-refractivity contribution in [3.63, 3.8) is 0 Å². The average molecular weight is 1200 g/mol. The van der Waals surface area contributed by atoms with E-state index in [1.165, 1.54) is 95.9 Å². The number of rotatable bonds is 53. The molecule has 0 aliphatic heterocycles. The molecule has 19 nitrogen and oxygen atoms in total. The van der Waals surface area contributed by atoms with Crippen LogP contribution in [0.5, 0.6) is 0 Å². The van der Waals surface area contributed by atoms with Gasteiger partial charge in [-0.05, 0) is 83.5 Å². The minimum atomic E-state index is -1.16. The summed E-state index contributed by atoms with van der Waals surface area (Å²) in [5.41, 5.74) is 6.86. The molecule has 0 aliphatic rings. The summed E-state index contributed by atoms with van der Waals surface area (Å²) in [5.74, 6) is -3.23. The van der Waals surface area contributed by atoms with Crippen LogP contribution >= 0.6 is 25.3 Å². The van der Waals surface area contributed by atoms with Crippen LogP contribution in [0.1, 0.15) is 224 Å². The van der Waals surface area contributed by atoms with E-state index in [0.29, 0.717) is 37.1 Å². The van der Waals surface area contributed by atoms with Crippen LogP contribution in [0.3, 0.4) is 0 Å². The second-order valence-electron chi connectivity index (χ2n) is 21.9. The predicted octanol–water partition coefficient (Wildman–Crippen LogP) is 8.64. The Balaban J connectivity index is 1.88. The molecule has 7 amide bonds. The van der Waals surface area contributed by atoms with Crippen molar-refractivity contribution in [2.45, 2.75) is 256 Å². The third-order valence-electron chi connectivity index (χ3n) is 14.5. The van der Waals surface area contributed by atoms with Gasteiger partial charge in [-0.1, -0.05) is 141 Å². The third kappa shape index (κ3) is 37.7. The molecule has 0 radical (unpaired) electrons. The number of allylic oxidation sites excluding steroid dienone is 4. The van der Waals surface area contributed by atoms with Gasteiger partial charge in [0.2, 0.25) is 41.4 Å². The van der Waals surface area contributed by atoms with E-state index in [2.05, 4.69) is 121 Å². The fraction of sp³-hybridized carbons (Fsp3) is 0.726. The Hall–Kier alpha value is -5.15. The summed E-state index contributed by atoms with van der Waals surface area (Å²) < 4.78 is 0. The van der Waals surface area contributed by atoms with Gasteiger partial charge >= 0.3 is 0 Å². The van der Waals surface area contributed by atoms with E-state index >= 15 is 0 Å². The maximum Gasteiger partial charge on any atom is 0.244 e. The lowest BCUT2D eigenvalue weighted by atomic mass is 10.1. The number of nitrogens with two attached hydrogens (primary N) is 1. The molecule has 83 heavy (non-hydrogen) atoms. The van der Waals surface area contributed by atoms with Gasteiger partial charge in [0.05, 0.1) is 12.7 Å². The first-order chi connectivity index (χ1) is 40.4. The Morgan fingerprint density at radius 2 is 0.807 bits per heavy atom. The van der Waals surface area contributed by atoms with Crippen LogP contribution in [-0.2, 0) is 46.4 Å². The largest absolute Gasteiger partial charge is 0.354 e. The molecule has 0 saturated heterocycles. The second kappa shape index (κ2) is 50.2. The molecule has 2 aromatic rings. The number of carbonyl (C=O) groups is 7. The lowest BCUT2D eigenvalue weighted by molar-refractivity contribution is -0.133. The molecule has 0 saturated carbocycles. The first-order valence-electron chi connectivity index (χ1n) is 31.7. The standard InChI is InChI=1S/C62H108N12O7S2/c1-3-5-7-9-11-13-15-17-19-21-23-25-27-29-31-36-56(75)70-54(45-82)61(80)73-52(41-49-43-64-47-68-49)59(78)66-39-34-33-35-51(58(77)67-40-38-63)72-60(79)53(42-50-44-65-48-69-50)74-62(81)55(46-83)71-57(76)37-32-30-28-26-24-22-20-18-16-14-12-10-8-6-4-2/h17-20,43-44,47-48,51-55,82-83H,3-16,21-42,45-46,63H2,1-2H3,(H,64,68)(H,65,69)(H,66,78)(H,67,77)(H,70,75)(H,71,76)(H,72,79)(H,73,80)(H,74,81)/b19-17-,20-18-/t51-,52-,53-,54-,55-/m0/s1. The number of hydrogen-bond donors (Lipinski definition) is 12. The predicted molar refractivity (Wildman–Crippen MR) is 340 cm³/mol. The molecule has 11 N–H and O–H groups in total. The van der Waals surface area contributed by atoms with Crippen LogP contribution < -0.4 is 43.0 Å². The van der Waals surface area contributed by atoms with E-state index in [0.717, 1.165) is 77.0 Å². The van der Waals surface area contributed by atoms with Gasteiger partial charge < -0.3 is 52.9 Å². The number of imidazole rings is 2. The summed E-state index contributed by atoms with van der Waals surface area (Å²) in [5, 5.41) is 19.5. The van der Waals surface area contributed by atoms with Crippen molar-refractivity contribution >= 4 is 66.6 Å². The van der Waals surface area contributed by atoms with Gasteiger partial charge in [0.25, 0.3) is 0 Å². The van der Waals surface area contributed by atoms with Crippen molar-refractivity contribution in [3.8, 4) is 0 Å². The normalized spacial score (nSPS) is 13.3. The highest BCUT2D eigenvalue weighted by atomic mass is 32.1. The summed E-state index contributed by atoms with van der Waals surface area (Å²) in [6, 6.07) is -5.18. The van der Waals surface area contributed by atoms with E-state index in [4.69, 9.17) is 5.73 Å². The van der Waals surface area contributed by atoms with Crippen LogP contribution in [0.15, 0.2) is 49.4 Å². The smallest absolute Gasteiger partial charge is 0.244 e. The van der Waals surface area contributed by atoms with E-state index in [1.54, 1.807) is 6.20 Å². The first-order valence-corrected chi connectivity index (χ1v) is 32.9. The quantitative estimate of drug-likeness (QED) is 0.0170. The highest BCUT2D eigenvalue weighted by molar-refractivity contribution is 7.80. The lowest BCUT2D eigenvalue weighted by Crippen LogP contribution is -2.58. The summed E-state index contributed by atoms with van der Waals surface area (Å²) in [7, 11) is 0. The van der Waals surface area contributed by atoms with Gasteiger partial charge in [-0.2, -0.15) is 25.3 Å². The molecule has 470 valence electrons. The van der Waals surface area contributed by atoms with Crippen LogP contribution in [0.4, 0.5) is 0 Å². The van der Waals surface area contributed by atoms with E-state index in [9.17, 15) is 33.6 Å². The number of carbonyl (C=O) groups excluding carboxylic acids is 7. The zero-order valence-corrected chi connectivity index (χ0v) is 52.4. The van der Waals surface area contributed by atoms with Gasteiger partial charge in [-0.25, -0.2) is 9.97 Å². The second-order valence-corrected chi connectivity index (χ2v) is 22.6. The number of thiol groups is 2. The lowest BCUT2D eigenvalue weighted by Gasteiger charge is -2.25. The van der Waals surface area contributed by atoms with Crippen molar-refractivity contribution in [1.82, 2.24) is 57.2 Å². The SMILES string of the molecule is CCCCCCCC/C=C\CCCCCCCC(=O)N[C@@H](CS)C(=O)N[C@@H](Cc1cnc[nH]1)C(=O)NCCCC[C@H](NC(=O)[C@H](Cc1cnc[nH]1)NC(=O)[C@H](CS)NC(=O)CCCCCCC/C=C\CCCCCCCC)C(=O)NCCN. The van der Waals surface area contributed by atoms with Gasteiger partial charge in [0.15, 0.2) is 0 Å². The molecule has 0 aromatic carbocycles. The van der Waals surface area contributed by atoms with Gasteiger partial charge in [-0.15, -0.1) is 0 Å². The van der Waals surface area contributed by atoms with E-state index < -0.39 is 59.7 Å². The Labute approximate surface area is 508 Å². The molecular formula is C62H108N12O7S2. The molecule has 0 spiro atoms. The maximum atomic E-state index is 14.0. The molecule has 2 aromatic heterocycles. The molecular weight excluding hydrogens is 1090 g/mol. The summed E-state index contributed by atoms with van der Waals surface area (Å²) >= 11 is 8.69. The van der Waals surface area contributed by atoms with E-state index in [1.807, 2.05) is 0 Å². The first kappa shape index (κ1) is 74.0. The molecule has 0 unspecified atom stereocenters. The minimum Gasteiger partial charge on any atom is -0.354 e. The summed E-state index contributed by atoms with van der Waals surface area (Å²) in [4.78, 5) is 108. The van der Waals surface area contributed by atoms with Crippen molar-refractivity contribution in [3.05, 3.63) is 60.7 Å². The Morgan fingerprint density at radius 3 is 1.20 bits per heavy atom. The van der Waals surface area contributed by atoms with Crippen LogP contribution in [0, 0.1) is 0 Å². The van der Waals surface area contributed by atoms with Crippen LogP contribution in [0.2, 0.25) is 0 Å². The Morgan fingerprint density at radius 1 is 0.446 bits per heavy atom. The van der Waals surface area contributed by atoms with Crippen molar-refractivity contribution in [1.29, 1.82) is 0 Å². The molecule has 5 atom stereocenters. The molecule has 0 bridgehead atoms. The molecule has 2 heterocycles. The zero-order chi connectivity index (χ0) is 60.4. The Bertz CT molecular complexity index is 2080. The van der Waals surface area contributed by atoms with Crippen LogP contribution in [-0.4, -0.2) is 123 Å². The number of H-pyrrole nitrogens is 2. The molecule has 0 aliphatic carbocycles. The van der Waals surface area contributed by atoms with Gasteiger partial charge in [0, 0.05) is 80.6 Å². The number of amides is 7. The zero-order valence-electron chi connectivity index (χ0n) is 50.6. The monoisotopic (exact) mass is 1200 g/mol. The van der Waals surface area contributed by atoms with E-state index in [-0.39, 0.29) is 75.1 Å². The molecule has 2 rings (SSSR count). The third-order valence-corrected chi connectivity index (χ3v) is 15.2. The number of nitrogens with one attached hydrogen (secondary N) is 9. The van der Waals surface area contributed by atoms with Gasteiger partial charge in [-0.3, -0.25) is 33.6 Å². The number of nitrogens with zero attached hydrogens (tertiary/aromatic N) is 2. The highest BCUT2D eigenvalue weighted by Crippen LogP contribution is 2.14. The summed E-state index contributed by atoms with van der Waals surface area (Å²) in [6.45, 7) is 4.98. The van der Waals surface area contributed by atoms with Crippen molar-refractivity contribution < 1.29 is 33.6 Å². The van der Waals surface area contributed by atoms with Crippen LogP contribution in [0.25, 0.3) is 0 Å². The fourth-order valence-electron chi connectivity index (χ4n) is 9.50. The highest BCUT2D eigenvalue weighted by Gasteiger charge is 2.31.